The van der Waals surface area contributed by atoms with Crippen LogP contribution in [-0.2, 0) is 11.2 Å². The molecule has 2 N–H and O–H groups in total. The standard InChI is InChI=1S/C13H18N2O2/c16-12-6-4-5-11(9-12)10-13(17)14-15-7-2-1-3-8-15/h4-6,9,16H,1-3,7-8,10H2,(H,14,17). The molecule has 2 rings (SSSR count). The van der Waals surface area contributed by atoms with Crippen LogP contribution in [0, 0.1) is 0 Å². The lowest BCUT2D eigenvalue weighted by atomic mass is 10.1. The summed E-state index contributed by atoms with van der Waals surface area (Å²) in [6.07, 6.45) is 3.85. The number of carbonyl (C=O) groups excluding carboxylic acids is 1. The number of piperidine rings is 1. The van der Waals surface area contributed by atoms with E-state index in [4.69, 9.17) is 0 Å². The fraction of sp³-hybridized carbons (Fsp3) is 0.462. The summed E-state index contributed by atoms with van der Waals surface area (Å²) in [5.41, 5.74) is 3.73. The lowest BCUT2D eigenvalue weighted by Crippen LogP contribution is -2.45. The number of hydrazine groups is 1. The van der Waals surface area contributed by atoms with Gasteiger partial charge in [0, 0.05) is 13.1 Å². The quantitative estimate of drug-likeness (QED) is 0.832. The maximum Gasteiger partial charge on any atom is 0.238 e. The molecular formula is C13H18N2O2. The summed E-state index contributed by atoms with van der Waals surface area (Å²) in [6, 6.07) is 6.82. The number of nitrogens with zero attached hydrogens (tertiary/aromatic N) is 1. The number of benzene rings is 1. The average Bonchev–Trinajstić information content (AvgIpc) is 2.30. The largest absolute Gasteiger partial charge is 0.508 e. The van der Waals surface area contributed by atoms with Gasteiger partial charge in [0.05, 0.1) is 6.42 Å². The van der Waals surface area contributed by atoms with Gasteiger partial charge in [-0.2, -0.15) is 0 Å². The molecule has 0 aliphatic carbocycles. The molecule has 4 nitrogen and oxygen atoms in total. The zero-order chi connectivity index (χ0) is 12.1. The monoisotopic (exact) mass is 234 g/mol. The molecule has 1 fully saturated rings. The minimum absolute atomic E-state index is 0.0162. The fourth-order valence-corrected chi connectivity index (χ4v) is 2.07. The molecule has 1 heterocycles. The predicted octanol–water partition coefficient (Wildman–Crippen LogP) is 1.45. The van der Waals surface area contributed by atoms with Crippen molar-refractivity contribution < 1.29 is 9.90 Å². The van der Waals surface area contributed by atoms with E-state index < -0.39 is 0 Å². The van der Waals surface area contributed by atoms with Crippen LogP contribution in [0.2, 0.25) is 0 Å². The third-order valence-corrected chi connectivity index (χ3v) is 2.91. The van der Waals surface area contributed by atoms with E-state index in [1.165, 1.54) is 6.42 Å². The number of carbonyl (C=O) groups is 1. The van der Waals surface area contributed by atoms with E-state index in [1.807, 2.05) is 11.1 Å². The zero-order valence-electron chi connectivity index (χ0n) is 9.85. The molecule has 0 spiro atoms. The van der Waals surface area contributed by atoms with Gasteiger partial charge in [0.1, 0.15) is 5.75 Å². The number of rotatable bonds is 3. The van der Waals surface area contributed by atoms with Crippen LogP contribution in [0.25, 0.3) is 0 Å². The maximum absolute atomic E-state index is 11.8. The topological polar surface area (TPSA) is 52.6 Å². The first kappa shape index (κ1) is 11.9. The van der Waals surface area contributed by atoms with Crippen molar-refractivity contribution in [1.82, 2.24) is 10.4 Å². The molecule has 1 aromatic carbocycles. The lowest BCUT2D eigenvalue weighted by Gasteiger charge is -2.26. The number of amides is 1. The number of phenolic OH excluding ortho intramolecular Hbond substituents is 1. The Morgan fingerprint density at radius 2 is 2.06 bits per heavy atom. The Balaban J connectivity index is 1.84. The van der Waals surface area contributed by atoms with Crippen molar-refractivity contribution in [3.8, 4) is 5.75 Å². The molecule has 17 heavy (non-hydrogen) atoms. The Morgan fingerprint density at radius 1 is 1.29 bits per heavy atom. The van der Waals surface area contributed by atoms with E-state index in [1.54, 1.807) is 18.2 Å². The molecule has 1 aliphatic rings. The highest BCUT2D eigenvalue weighted by atomic mass is 16.3. The Labute approximate surface area is 101 Å². The highest BCUT2D eigenvalue weighted by Crippen LogP contribution is 2.11. The number of hydrogen-bond acceptors (Lipinski definition) is 3. The molecule has 92 valence electrons. The molecule has 4 heteroatoms. The van der Waals surface area contributed by atoms with Crippen LogP contribution < -0.4 is 5.43 Å². The third kappa shape index (κ3) is 3.75. The van der Waals surface area contributed by atoms with E-state index in [-0.39, 0.29) is 11.7 Å². The van der Waals surface area contributed by atoms with E-state index in [9.17, 15) is 9.90 Å². The number of nitrogens with one attached hydrogen (secondary N) is 1. The molecule has 1 amide bonds. The van der Waals surface area contributed by atoms with Crippen molar-refractivity contribution >= 4 is 5.91 Å². The van der Waals surface area contributed by atoms with Crippen molar-refractivity contribution in [1.29, 1.82) is 0 Å². The lowest BCUT2D eigenvalue weighted by molar-refractivity contribution is -0.125. The highest BCUT2D eigenvalue weighted by Gasteiger charge is 2.12. The third-order valence-electron chi connectivity index (χ3n) is 2.91. The first-order valence-corrected chi connectivity index (χ1v) is 6.06. The second kappa shape index (κ2) is 5.68. The van der Waals surface area contributed by atoms with Crippen LogP contribution in [-0.4, -0.2) is 29.1 Å². The van der Waals surface area contributed by atoms with E-state index >= 15 is 0 Å². The van der Waals surface area contributed by atoms with Crippen LogP contribution in [0.1, 0.15) is 24.8 Å². The van der Waals surface area contributed by atoms with Crippen LogP contribution in [0.4, 0.5) is 0 Å². The predicted molar refractivity (Wildman–Crippen MR) is 65.4 cm³/mol. The second-order valence-electron chi connectivity index (χ2n) is 4.43. The Kier molecular flexibility index (Phi) is 3.98. The molecule has 0 aromatic heterocycles. The van der Waals surface area contributed by atoms with Crippen molar-refractivity contribution in [2.24, 2.45) is 0 Å². The minimum atomic E-state index is -0.0162. The van der Waals surface area contributed by atoms with Gasteiger partial charge in [-0.15, -0.1) is 0 Å². The zero-order valence-corrected chi connectivity index (χ0v) is 9.85. The van der Waals surface area contributed by atoms with Gasteiger partial charge in [-0.25, -0.2) is 5.01 Å². The molecule has 0 bridgehead atoms. The van der Waals surface area contributed by atoms with Crippen LogP contribution >= 0.6 is 0 Å². The van der Waals surface area contributed by atoms with Gasteiger partial charge >= 0.3 is 0 Å². The summed E-state index contributed by atoms with van der Waals surface area (Å²) in [4.78, 5) is 11.8. The molecule has 1 aromatic rings. The Morgan fingerprint density at radius 3 is 2.76 bits per heavy atom. The molecule has 0 atom stereocenters. The molecule has 0 saturated carbocycles. The van der Waals surface area contributed by atoms with E-state index in [2.05, 4.69) is 5.43 Å². The van der Waals surface area contributed by atoms with Gasteiger partial charge in [-0.05, 0) is 30.5 Å². The Hall–Kier alpha value is -1.55. The van der Waals surface area contributed by atoms with E-state index in [0.29, 0.717) is 6.42 Å². The summed E-state index contributed by atoms with van der Waals surface area (Å²) < 4.78 is 0. The van der Waals surface area contributed by atoms with Crippen molar-refractivity contribution in [3.63, 3.8) is 0 Å². The highest BCUT2D eigenvalue weighted by molar-refractivity contribution is 5.78. The summed E-state index contributed by atoms with van der Waals surface area (Å²) in [5.74, 6) is 0.186. The van der Waals surface area contributed by atoms with Gasteiger partial charge < -0.3 is 5.11 Å². The number of hydrogen-bond donors (Lipinski definition) is 2. The summed E-state index contributed by atoms with van der Waals surface area (Å²) in [6.45, 7) is 1.87. The number of phenols is 1. The van der Waals surface area contributed by atoms with Gasteiger partial charge in [0.2, 0.25) is 5.91 Å². The smallest absolute Gasteiger partial charge is 0.238 e. The average molecular weight is 234 g/mol. The first-order valence-electron chi connectivity index (χ1n) is 6.06. The van der Waals surface area contributed by atoms with Crippen LogP contribution in [0.3, 0.4) is 0 Å². The molecular weight excluding hydrogens is 216 g/mol. The van der Waals surface area contributed by atoms with Crippen molar-refractivity contribution in [3.05, 3.63) is 29.8 Å². The normalized spacial score (nSPS) is 16.7. The summed E-state index contributed by atoms with van der Waals surface area (Å²) >= 11 is 0. The minimum Gasteiger partial charge on any atom is -0.508 e. The van der Waals surface area contributed by atoms with Gasteiger partial charge in [0.25, 0.3) is 0 Å². The Bertz CT molecular complexity index is 387. The van der Waals surface area contributed by atoms with Crippen molar-refractivity contribution in [2.75, 3.05) is 13.1 Å². The molecule has 0 radical (unpaired) electrons. The fourth-order valence-electron chi connectivity index (χ4n) is 2.07. The summed E-state index contributed by atoms with van der Waals surface area (Å²) in [5, 5.41) is 11.3. The maximum atomic E-state index is 11.8. The SMILES string of the molecule is O=C(Cc1cccc(O)c1)NN1CCCCC1. The van der Waals surface area contributed by atoms with Crippen molar-refractivity contribution in [2.45, 2.75) is 25.7 Å². The second-order valence-corrected chi connectivity index (χ2v) is 4.43. The molecule has 1 saturated heterocycles. The van der Waals surface area contributed by atoms with E-state index in [0.717, 1.165) is 31.5 Å². The first-order chi connectivity index (χ1) is 8.24. The van der Waals surface area contributed by atoms with Gasteiger partial charge in [-0.3, -0.25) is 10.2 Å². The van der Waals surface area contributed by atoms with Gasteiger partial charge in [-0.1, -0.05) is 18.6 Å². The van der Waals surface area contributed by atoms with Crippen LogP contribution in [0.5, 0.6) is 5.75 Å². The molecule has 1 aliphatic heterocycles. The number of aromatic hydroxyl groups is 1. The van der Waals surface area contributed by atoms with Crippen LogP contribution in [0.15, 0.2) is 24.3 Å². The summed E-state index contributed by atoms with van der Waals surface area (Å²) in [7, 11) is 0. The van der Waals surface area contributed by atoms with Gasteiger partial charge in [0.15, 0.2) is 0 Å². The molecule has 0 unspecified atom stereocenters.